The topological polar surface area (TPSA) is 88.0 Å². The minimum atomic E-state index is -4.87. The van der Waals surface area contributed by atoms with Crippen molar-refractivity contribution in [3.05, 3.63) is 30.3 Å². The fraction of sp³-hybridized carbons (Fsp3) is 0.308. The molecule has 9 heteroatoms. The molecule has 0 aliphatic rings. The third kappa shape index (κ3) is 6.35. The summed E-state index contributed by atoms with van der Waals surface area (Å²) in [4.78, 5) is 28.7. The van der Waals surface area contributed by atoms with Crippen LogP contribution in [-0.2, 0) is 14.4 Å². The Morgan fingerprint density at radius 2 is 2.00 bits per heavy atom. The van der Waals surface area contributed by atoms with E-state index in [1.807, 2.05) is 5.48 Å². The SMILES string of the molecule is O=C[C@H](CCC(=O)O)NOC(=Nc1ccccc1)C(F)(F)F. The van der Waals surface area contributed by atoms with Crippen molar-refractivity contribution in [2.45, 2.75) is 25.1 Å². The molecular weight excluding hydrogens is 305 g/mol. The van der Waals surface area contributed by atoms with Gasteiger partial charge in [-0.1, -0.05) is 18.2 Å². The number of carboxylic acids is 1. The van der Waals surface area contributed by atoms with Crippen molar-refractivity contribution in [2.75, 3.05) is 0 Å². The summed E-state index contributed by atoms with van der Waals surface area (Å²) in [5.74, 6) is -2.76. The third-order valence-corrected chi connectivity index (χ3v) is 2.37. The van der Waals surface area contributed by atoms with Crippen molar-refractivity contribution in [2.24, 2.45) is 4.99 Å². The zero-order valence-corrected chi connectivity index (χ0v) is 11.2. The first-order valence-electron chi connectivity index (χ1n) is 6.13. The highest BCUT2D eigenvalue weighted by Gasteiger charge is 2.39. The lowest BCUT2D eigenvalue weighted by molar-refractivity contribution is -0.137. The van der Waals surface area contributed by atoms with Gasteiger partial charge >= 0.3 is 18.0 Å². The number of benzene rings is 1. The zero-order valence-electron chi connectivity index (χ0n) is 11.2. The predicted octanol–water partition coefficient (Wildman–Crippen LogP) is 2.23. The lowest BCUT2D eigenvalue weighted by atomic mass is 10.2. The number of nitrogens with zero attached hydrogens (tertiary/aromatic N) is 1. The number of aldehydes is 1. The van der Waals surface area contributed by atoms with Crippen molar-refractivity contribution in [1.82, 2.24) is 5.48 Å². The van der Waals surface area contributed by atoms with Crippen molar-refractivity contribution >= 4 is 23.8 Å². The van der Waals surface area contributed by atoms with Gasteiger partial charge in [0.25, 0.3) is 0 Å². The number of carbonyl (C=O) groups excluding carboxylic acids is 1. The fourth-order valence-corrected chi connectivity index (χ4v) is 1.33. The van der Waals surface area contributed by atoms with Gasteiger partial charge in [-0.15, -0.1) is 5.48 Å². The molecule has 0 aliphatic carbocycles. The number of halogens is 3. The summed E-state index contributed by atoms with van der Waals surface area (Å²) < 4.78 is 38.4. The first-order valence-corrected chi connectivity index (χ1v) is 6.13. The highest BCUT2D eigenvalue weighted by Crippen LogP contribution is 2.21. The maximum absolute atomic E-state index is 12.8. The van der Waals surface area contributed by atoms with Crippen LogP contribution in [0.5, 0.6) is 0 Å². The van der Waals surface area contributed by atoms with E-state index in [9.17, 15) is 22.8 Å². The average molecular weight is 318 g/mol. The van der Waals surface area contributed by atoms with E-state index in [-0.39, 0.29) is 18.4 Å². The lowest BCUT2D eigenvalue weighted by Crippen LogP contribution is -2.38. The van der Waals surface area contributed by atoms with Crippen LogP contribution in [-0.4, -0.2) is 35.5 Å². The van der Waals surface area contributed by atoms with Gasteiger partial charge in [0.15, 0.2) is 0 Å². The van der Waals surface area contributed by atoms with Crippen molar-refractivity contribution in [3.8, 4) is 0 Å². The molecule has 0 radical (unpaired) electrons. The minimum Gasteiger partial charge on any atom is -0.481 e. The second-order valence-electron chi connectivity index (χ2n) is 4.15. The van der Waals surface area contributed by atoms with Crippen LogP contribution < -0.4 is 5.48 Å². The predicted molar refractivity (Wildman–Crippen MR) is 70.5 cm³/mol. The first kappa shape index (κ1) is 17.6. The molecule has 1 aromatic carbocycles. The maximum Gasteiger partial charge on any atom is 0.470 e. The standard InChI is InChI=1S/C13H13F3N2O4/c14-13(15,16)12(17-9-4-2-1-3-5-9)22-18-10(8-19)6-7-11(20)21/h1-5,8,10,18H,6-7H2,(H,20,21)/t10-/m0/s1. The fourth-order valence-electron chi connectivity index (χ4n) is 1.33. The molecule has 1 atom stereocenters. The smallest absolute Gasteiger partial charge is 0.470 e. The number of hydrogen-bond acceptors (Lipinski definition) is 5. The number of hydrogen-bond donors (Lipinski definition) is 2. The van der Waals surface area contributed by atoms with Gasteiger partial charge in [-0.3, -0.25) is 4.79 Å². The van der Waals surface area contributed by atoms with Crippen LogP contribution in [0.2, 0.25) is 0 Å². The Kier molecular flexibility index (Phi) is 6.51. The molecule has 0 heterocycles. The van der Waals surface area contributed by atoms with E-state index in [0.717, 1.165) is 0 Å². The van der Waals surface area contributed by atoms with Gasteiger partial charge in [0.1, 0.15) is 6.29 Å². The third-order valence-electron chi connectivity index (χ3n) is 2.37. The summed E-state index contributed by atoms with van der Waals surface area (Å²) in [5.41, 5.74) is 1.89. The molecule has 1 aromatic rings. The lowest BCUT2D eigenvalue weighted by Gasteiger charge is -2.15. The molecule has 0 aliphatic heterocycles. The number of para-hydroxylation sites is 1. The van der Waals surface area contributed by atoms with Crippen molar-refractivity contribution < 1.29 is 32.7 Å². The molecule has 0 unspecified atom stereocenters. The van der Waals surface area contributed by atoms with Gasteiger partial charge in [-0.25, -0.2) is 4.99 Å². The number of carboxylic acid groups (broad SMARTS) is 1. The maximum atomic E-state index is 12.8. The normalized spacial score (nSPS) is 13.5. The summed E-state index contributed by atoms with van der Waals surface area (Å²) in [7, 11) is 0. The van der Waals surface area contributed by atoms with E-state index in [2.05, 4.69) is 9.83 Å². The Morgan fingerprint density at radius 1 is 1.36 bits per heavy atom. The largest absolute Gasteiger partial charge is 0.481 e. The number of aliphatic carboxylic acids is 1. The molecule has 22 heavy (non-hydrogen) atoms. The molecule has 0 fully saturated rings. The molecule has 0 saturated heterocycles. The van der Waals surface area contributed by atoms with E-state index in [1.165, 1.54) is 24.3 Å². The number of alkyl halides is 3. The average Bonchev–Trinajstić information content (AvgIpc) is 2.45. The van der Waals surface area contributed by atoms with Crippen LogP contribution in [0.25, 0.3) is 0 Å². The van der Waals surface area contributed by atoms with Gasteiger partial charge in [-0.05, 0) is 18.6 Å². The highest BCUT2D eigenvalue weighted by atomic mass is 19.4. The Bertz CT molecular complexity index is 532. The van der Waals surface area contributed by atoms with Crippen molar-refractivity contribution in [3.63, 3.8) is 0 Å². The summed E-state index contributed by atoms with van der Waals surface area (Å²) in [6.45, 7) is 0. The second-order valence-corrected chi connectivity index (χ2v) is 4.15. The Hall–Kier alpha value is -2.42. The van der Waals surface area contributed by atoms with Gasteiger partial charge < -0.3 is 14.7 Å². The minimum absolute atomic E-state index is 0.0183. The van der Waals surface area contributed by atoms with E-state index in [1.54, 1.807) is 6.07 Å². The van der Waals surface area contributed by atoms with E-state index >= 15 is 0 Å². The van der Waals surface area contributed by atoms with Crippen LogP contribution >= 0.6 is 0 Å². The number of rotatable bonds is 7. The molecule has 2 N–H and O–H groups in total. The van der Waals surface area contributed by atoms with Crippen LogP contribution in [0.3, 0.4) is 0 Å². The Morgan fingerprint density at radius 3 is 2.50 bits per heavy atom. The van der Waals surface area contributed by atoms with Crippen LogP contribution in [0.15, 0.2) is 35.3 Å². The summed E-state index contributed by atoms with van der Waals surface area (Å²) in [5, 5.41) is 8.47. The van der Waals surface area contributed by atoms with Gasteiger partial charge in [0.05, 0.1) is 11.7 Å². The molecule has 0 spiro atoms. The van der Waals surface area contributed by atoms with Crippen LogP contribution in [0.1, 0.15) is 12.8 Å². The number of hydroxylamine groups is 1. The van der Waals surface area contributed by atoms with Gasteiger partial charge in [0.2, 0.25) is 0 Å². The Balaban J connectivity index is 2.76. The molecule has 6 nitrogen and oxygen atoms in total. The number of carbonyl (C=O) groups is 2. The van der Waals surface area contributed by atoms with Crippen LogP contribution in [0.4, 0.5) is 18.9 Å². The van der Waals surface area contributed by atoms with E-state index < -0.39 is 30.5 Å². The van der Waals surface area contributed by atoms with Gasteiger partial charge in [-0.2, -0.15) is 13.2 Å². The molecule has 1 rings (SSSR count). The molecule has 0 bridgehead atoms. The summed E-state index contributed by atoms with van der Waals surface area (Å²) in [6.07, 6.45) is -5.21. The van der Waals surface area contributed by atoms with Crippen molar-refractivity contribution in [1.29, 1.82) is 0 Å². The van der Waals surface area contributed by atoms with Crippen LogP contribution in [0, 0.1) is 0 Å². The second kappa shape index (κ2) is 8.13. The Labute approximate surface area is 123 Å². The van der Waals surface area contributed by atoms with Gasteiger partial charge in [0, 0.05) is 6.42 Å². The molecular formula is C13H13F3N2O4. The zero-order chi connectivity index (χ0) is 16.6. The van der Waals surface area contributed by atoms with E-state index in [0.29, 0.717) is 0 Å². The first-order chi connectivity index (χ1) is 10.3. The monoisotopic (exact) mass is 318 g/mol. The van der Waals surface area contributed by atoms with E-state index in [4.69, 9.17) is 5.11 Å². The molecule has 0 amide bonds. The molecule has 0 aromatic heterocycles. The molecule has 0 saturated carbocycles. The number of nitrogens with one attached hydrogen (secondary N) is 1. The quantitative estimate of drug-likeness (QED) is 0.348. The molecule has 120 valence electrons. The highest BCUT2D eigenvalue weighted by molar-refractivity contribution is 5.84. The summed E-state index contributed by atoms with van der Waals surface area (Å²) in [6, 6.07) is 6.11. The number of aliphatic imine (C=N–C) groups is 1. The summed E-state index contributed by atoms with van der Waals surface area (Å²) >= 11 is 0.